The second-order valence-corrected chi connectivity index (χ2v) is 8.90. The first kappa shape index (κ1) is 21.1. The van der Waals surface area contributed by atoms with Crippen molar-refractivity contribution in [1.29, 1.82) is 0 Å². The predicted molar refractivity (Wildman–Crippen MR) is 120 cm³/mol. The summed E-state index contributed by atoms with van der Waals surface area (Å²) in [5.41, 5.74) is 1.58. The van der Waals surface area contributed by atoms with Crippen molar-refractivity contribution in [2.75, 3.05) is 24.3 Å². The van der Waals surface area contributed by atoms with Gasteiger partial charge in [-0.15, -0.1) is 11.8 Å². The fraction of sp³-hybridized carbons (Fsp3) is 0.348. The Balaban J connectivity index is 1.10. The summed E-state index contributed by atoms with van der Waals surface area (Å²) in [4.78, 5) is 21.4. The second-order valence-electron chi connectivity index (χ2n) is 7.88. The third-order valence-corrected chi connectivity index (χ3v) is 6.61. The molecule has 2 unspecified atom stereocenters. The van der Waals surface area contributed by atoms with Gasteiger partial charge in [-0.05, 0) is 49.2 Å². The van der Waals surface area contributed by atoms with Crippen molar-refractivity contribution in [3.8, 4) is 5.75 Å². The van der Waals surface area contributed by atoms with Crippen molar-refractivity contribution in [2.45, 2.75) is 36.4 Å². The molecular formula is C23H23FN4O3S. The van der Waals surface area contributed by atoms with E-state index in [0.717, 1.165) is 23.4 Å². The number of nitrogens with zero attached hydrogens (tertiary/aromatic N) is 2. The van der Waals surface area contributed by atoms with Crippen LogP contribution in [0.3, 0.4) is 0 Å². The molecule has 5 rings (SSSR count). The quantitative estimate of drug-likeness (QED) is 0.589. The molecule has 2 aromatic heterocycles. The number of hydrogen-bond donors (Lipinski definition) is 2. The van der Waals surface area contributed by atoms with E-state index in [1.807, 2.05) is 12.1 Å². The number of carbonyl (C=O) groups is 1. The van der Waals surface area contributed by atoms with Gasteiger partial charge in [-0.25, -0.2) is 9.37 Å². The molecule has 1 aromatic carbocycles. The molecule has 2 N–H and O–H groups in total. The van der Waals surface area contributed by atoms with Gasteiger partial charge in [0.15, 0.2) is 0 Å². The summed E-state index contributed by atoms with van der Waals surface area (Å²) in [6.07, 6.45) is 3.46. The third kappa shape index (κ3) is 4.85. The van der Waals surface area contributed by atoms with Crippen molar-refractivity contribution in [1.82, 2.24) is 15.3 Å². The molecule has 0 saturated carbocycles. The van der Waals surface area contributed by atoms with Crippen LogP contribution in [0.5, 0.6) is 5.75 Å². The number of hydrogen-bond acceptors (Lipinski definition) is 7. The van der Waals surface area contributed by atoms with E-state index < -0.39 is 0 Å². The molecule has 1 saturated heterocycles. The molecule has 0 spiro atoms. The van der Waals surface area contributed by atoms with E-state index in [-0.39, 0.29) is 23.9 Å². The molecule has 1 fully saturated rings. The molecular weight excluding hydrogens is 431 g/mol. The van der Waals surface area contributed by atoms with E-state index in [4.69, 9.17) is 9.47 Å². The maximum Gasteiger partial charge on any atom is 0.235 e. The number of nitrogens with one attached hydrogen (secondary N) is 2. The Labute approximate surface area is 189 Å². The van der Waals surface area contributed by atoms with E-state index in [0.29, 0.717) is 48.0 Å². The molecule has 0 bridgehead atoms. The molecule has 1 amide bonds. The fourth-order valence-corrected chi connectivity index (χ4v) is 4.61. The third-order valence-electron chi connectivity index (χ3n) is 5.56. The fourth-order valence-electron chi connectivity index (χ4n) is 3.85. The van der Waals surface area contributed by atoms with Crippen molar-refractivity contribution in [2.24, 2.45) is 0 Å². The highest BCUT2D eigenvalue weighted by atomic mass is 32.2. The van der Waals surface area contributed by atoms with Crippen LogP contribution in [0.4, 0.5) is 10.2 Å². The van der Waals surface area contributed by atoms with Crippen molar-refractivity contribution < 1.29 is 18.7 Å². The molecule has 2 aliphatic rings. The summed E-state index contributed by atoms with van der Waals surface area (Å²) in [6.45, 7) is 1.60. The van der Waals surface area contributed by atoms with Crippen LogP contribution in [0, 0.1) is 5.82 Å². The minimum atomic E-state index is -0.312. The molecule has 9 heteroatoms. The van der Waals surface area contributed by atoms with Crippen LogP contribution in [0.1, 0.15) is 18.5 Å². The number of rotatable bonds is 6. The number of thioether (sulfide) groups is 1. The van der Waals surface area contributed by atoms with E-state index in [2.05, 4.69) is 20.6 Å². The van der Waals surface area contributed by atoms with Gasteiger partial charge in [-0.2, -0.15) is 0 Å². The van der Waals surface area contributed by atoms with E-state index in [1.54, 1.807) is 18.3 Å². The van der Waals surface area contributed by atoms with Crippen LogP contribution in [0.25, 0.3) is 10.9 Å². The smallest absolute Gasteiger partial charge is 0.235 e. The second kappa shape index (κ2) is 9.40. The van der Waals surface area contributed by atoms with E-state index in [1.165, 1.54) is 23.9 Å². The largest absolute Gasteiger partial charge is 0.490 e. The van der Waals surface area contributed by atoms with Crippen LogP contribution in [-0.2, 0) is 16.1 Å². The average Bonchev–Trinajstić information content (AvgIpc) is 2.81. The zero-order valence-corrected chi connectivity index (χ0v) is 18.2. The number of aromatic nitrogens is 2. The van der Waals surface area contributed by atoms with Crippen molar-refractivity contribution >= 4 is 34.4 Å². The lowest BCUT2D eigenvalue weighted by Gasteiger charge is -2.29. The zero-order valence-electron chi connectivity index (χ0n) is 17.3. The summed E-state index contributed by atoms with van der Waals surface area (Å²) in [7, 11) is 0. The number of fused-ring (bicyclic) bond motifs is 2. The number of anilines is 1. The summed E-state index contributed by atoms with van der Waals surface area (Å²) < 4.78 is 25.5. The molecule has 4 heterocycles. The Kier molecular flexibility index (Phi) is 6.20. The molecule has 2 atom stereocenters. The van der Waals surface area contributed by atoms with Crippen LogP contribution in [0.15, 0.2) is 47.5 Å². The normalized spacial score (nSPS) is 20.6. The first-order valence-electron chi connectivity index (χ1n) is 10.6. The predicted octanol–water partition coefficient (Wildman–Crippen LogP) is 3.53. The maximum atomic E-state index is 13.6. The van der Waals surface area contributed by atoms with E-state index >= 15 is 0 Å². The first-order chi connectivity index (χ1) is 15.6. The number of pyridine rings is 2. The van der Waals surface area contributed by atoms with Gasteiger partial charge >= 0.3 is 0 Å². The van der Waals surface area contributed by atoms with Gasteiger partial charge in [-0.3, -0.25) is 9.78 Å². The van der Waals surface area contributed by atoms with Gasteiger partial charge in [0.1, 0.15) is 24.0 Å². The number of halogens is 1. The van der Waals surface area contributed by atoms with Crippen LogP contribution in [0.2, 0.25) is 0 Å². The molecule has 7 nitrogen and oxygen atoms in total. The number of ether oxygens (including phenoxy) is 2. The minimum absolute atomic E-state index is 0.0149. The molecule has 0 aliphatic carbocycles. The van der Waals surface area contributed by atoms with Gasteiger partial charge in [0, 0.05) is 24.2 Å². The summed E-state index contributed by atoms with van der Waals surface area (Å²) >= 11 is 1.51. The van der Waals surface area contributed by atoms with Gasteiger partial charge in [0.2, 0.25) is 5.91 Å². The Bertz CT molecular complexity index is 1140. The first-order valence-corrected chi connectivity index (χ1v) is 11.6. The Hall–Kier alpha value is -2.75. The lowest BCUT2D eigenvalue weighted by atomic mass is 10.1. The van der Waals surface area contributed by atoms with Crippen LogP contribution in [-0.4, -0.2) is 47.0 Å². The Morgan fingerprint density at radius 3 is 3.06 bits per heavy atom. The summed E-state index contributed by atoms with van der Waals surface area (Å²) in [5, 5.41) is 6.97. The SMILES string of the molecule is O=C1CSc2ccc(CNC3CCC(COc4ccnc5ccc(F)cc45)OC3)nc2N1. The van der Waals surface area contributed by atoms with Crippen molar-refractivity contribution in [3.05, 3.63) is 54.1 Å². The molecule has 2 aliphatic heterocycles. The van der Waals surface area contributed by atoms with Gasteiger partial charge < -0.3 is 20.1 Å². The van der Waals surface area contributed by atoms with Gasteiger partial charge in [-0.1, -0.05) is 0 Å². The number of amides is 1. The Morgan fingerprint density at radius 2 is 2.19 bits per heavy atom. The zero-order chi connectivity index (χ0) is 21.9. The highest BCUT2D eigenvalue weighted by molar-refractivity contribution is 8.00. The van der Waals surface area contributed by atoms with Crippen LogP contribution >= 0.6 is 11.8 Å². The topological polar surface area (TPSA) is 85.4 Å². The molecule has 32 heavy (non-hydrogen) atoms. The maximum absolute atomic E-state index is 13.6. The lowest BCUT2D eigenvalue weighted by Crippen LogP contribution is -2.41. The minimum Gasteiger partial charge on any atom is -0.490 e. The van der Waals surface area contributed by atoms with Gasteiger partial charge in [0.05, 0.1) is 34.6 Å². The molecule has 166 valence electrons. The van der Waals surface area contributed by atoms with Crippen LogP contribution < -0.4 is 15.4 Å². The molecule has 3 aromatic rings. The summed E-state index contributed by atoms with van der Waals surface area (Å²) in [5.74, 6) is 1.37. The number of carbonyl (C=O) groups excluding carboxylic acids is 1. The standard InChI is InChI=1S/C23H23FN4O3S/c24-14-1-5-19-18(9-14)20(7-8-25-19)31-12-17-4-2-16(11-30-17)26-10-15-3-6-21-23(27-15)28-22(29)13-32-21/h1,3,5-9,16-17,26H,2,4,10-13H2,(H,27,28,29). The number of benzene rings is 1. The Morgan fingerprint density at radius 1 is 1.25 bits per heavy atom. The lowest BCUT2D eigenvalue weighted by molar-refractivity contribution is -0.113. The van der Waals surface area contributed by atoms with Gasteiger partial charge in [0.25, 0.3) is 0 Å². The molecule has 0 radical (unpaired) electrons. The van der Waals surface area contributed by atoms with E-state index in [9.17, 15) is 9.18 Å². The highest BCUT2D eigenvalue weighted by Gasteiger charge is 2.23. The summed E-state index contributed by atoms with van der Waals surface area (Å²) in [6, 6.07) is 10.4. The van der Waals surface area contributed by atoms with Crippen molar-refractivity contribution in [3.63, 3.8) is 0 Å². The monoisotopic (exact) mass is 454 g/mol. The average molecular weight is 455 g/mol. The highest BCUT2D eigenvalue weighted by Crippen LogP contribution is 2.30.